The van der Waals surface area contributed by atoms with Gasteiger partial charge in [-0.15, -0.1) is 23.7 Å². The topological polar surface area (TPSA) is 68.0 Å². The minimum atomic E-state index is -0.239. The number of fused-ring (bicyclic) bond motifs is 1. The number of aromatic nitrogens is 1. The first-order valence-electron chi connectivity index (χ1n) is 8.77. The molecule has 1 amide bonds. The third-order valence-corrected chi connectivity index (χ3v) is 5.63. The van der Waals surface area contributed by atoms with Gasteiger partial charge in [-0.25, -0.2) is 4.98 Å². The number of hydrogen-bond donors (Lipinski definition) is 2. The van der Waals surface area contributed by atoms with Crippen LogP contribution in [0, 0.1) is 0 Å². The highest BCUT2D eigenvalue weighted by atomic mass is 35.5. The number of halogens is 1. The van der Waals surface area contributed by atoms with E-state index in [1.165, 1.54) is 34.8 Å². The molecule has 1 aliphatic rings. The fourth-order valence-corrected chi connectivity index (χ4v) is 4.27. The van der Waals surface area contributed by atoms with E-state index in [-0.39, 0.29) is 24.4 Å². The molecule has 3 N–H and O–H groups in total. The van der Waals surface area contributed by atoms with Crippen LogP contribution in [0.15, 0.2) is 30.3 Å². The summed E-state index contributed by atoms with van der Waals surface area (Å²) in [6.45, 7) is 0.685. The minimum absolute atomic E-state index is 0. The number of hydrogen-bond acceptors (Lipinski definition) is 4. The fourth-order valence-electron chi connectivity index (χ4n) is 3.07. The van der Waals surface area contributed by atoms with Gasteiger partial charge in [0.05, 0.1) is 10.7 Å². The number of thiazole rings is 1. The highest BCUT2D eigenvalue weighted by molar-refractivity contribution is 7.11. The standard InChI is InChI=1S/C19H25N3OS.ClH/c20-15(14-7-2-1-3-8-14)13-18(23)21-12-6-11-19-22-16-9-4-5-10-17(16)24-19;/h1-3,7-8,15H,4-6,9-13,20H2,(H,21,23);1H. The lowest BCUT2D eigenvalue weighted by Gasteiger charge is -2.11. The Morgan fingerprint density at radius 3 is 2.76 bits per heavy atom. The van der Waals surface area contributed by atoms with Gasteiger partial charge in [-0.3, -0.25) is 4.79 Å². The number of aryl methyl sites for hydroxylation is 3. The Balaban J connectivity index is 0.00000225. The Labute approximate surface area is 159 Å². The van der Waals surface area contributed by atoms with Gasteiger partial charge in [0, 0.05) is 30.3 Å². The molecule has 3 rings (SSSR count). The molecule has 0 saturated heterocycles. The lowest BCUT2D eigenvalue weighted by atomic mass is 10.0. The molecule has 1 aromatic heterocycles. The van der Waals surface area contributed by atoms with Crippen molar-refractivity contribution in [3.8, 4) is 0 Å². The summed E-state index contributed by atoms with van der Waals surface area (Å²) in [4.78, 5) is 18.2. The number of carbonyl (C=O) groups is 1. The number of nitrogens with one attached hydrogen (secondary N) is 1. The molecule has 136 valence electrons. The summed E-state index contributed by atoms with van der Waals surface area (Å²) in [5, 5.41) is 4.19. The summed E-state index contributed by atoms with van der Waals surface area (Å²) in [5.74, 6) is 0.0183. The van der Waals surface area contributed by atoms with Crippen LogP contribution < -0.4 is 11.1 Å². The predicted molar refractivity (Wildman–Crippen MR) is 105 cm³/mol. The summed E-state index contributed by atoms with van der Waals surface area (Å²) in [6, 6.07) is 9.52. The number of carbonyl (C=O) groups excluding carboxylic acids is 1. The third-order valence-electron chi connectivity index (χ3n) is 4.41. The summed E-state index contributed by atoms with van der Waals surface area (Å²) >= 11 is 1.86. The largest absolute Gasteiger partial charge is 0.356 e. The Morgan fingerprint density at radius 1 is 1.24 bits per heavy atom. The molecule has 1 unspecified atom stereocenters. The molecule has 0 aliphatic heterocycles. The van der Waals surface area contributed by atoms with Crippen LogP contribution in [0.5, 0.6) is 0 Å². The van der Waals surface area contributed by atoms with Gasteiger partial charge in [-0.05, 0) is 37.7 Å². The van der Waals surface area contributed by atoms with Crippen LogP contribution in [-0.4, -0.2) is 17.4 Å². The Morgan fingerprint density at radius 2 is 2.00 bits per heavy atom. The molecule has 0 spiro atoms. The highest BCUT2D eigenvalue weighted by Crippen LogP contribution is 2.27. The molecule has 0 saturated carbocycles. The second kappa shape index (κ2) is 9.90. The lowest BCUT2D eigenvalue weighted by Crippen LogP contribution is -2.28. The zero-order chi connectivity index (χ0) is 16.8. The van der Waals surface area contributed by atoms with E-state index in [1.54, 1.807) is 0 Å². The van der Waals surface area contributed by atoms with E-state index in [4.69, 9.17) is 10.7 Å². The fraction of sp³-hybridized carbons (Fsp3) is 0.474. The quantitative estimate of drug-likeness (QED) is 0.722. The maximum absolute atomic E-state index is 12.0. The van der Waals surface area contributed by atoms with Gasteiger partial charge in [0.2, 0.25) is 5.91 Å². The zero-order valence-electron chi connectivity index (χ0n) is 14.4. The lowest BCUT2D eigenvalue weighted by molar-refractivity contribution is -0.121. The molecular weight excluding hydrogens is 354 g/mol. The average molecular weight is 380 g/mol. The van der Waals surface area contributed by atoms with Gasteiger partial charge < -0.3 is 11.1 Å². The van der Waals surface area contributed by atoms with Crippen LogP contribution in [0.3, 0.4) is 0 Å². The molecule has 2 aromatic rings. The molecule has 0 fully saturated rings. The van der Waals surface area contributed by atoms with Gasteiger partial charge in [-0.1, -0.05) is 30.3 Å². The van der Waals surface area contributed by atoms with Crippen molar-refractivity contribution in [1.29, 1.82) is 0 Å². The van der Waals surface area contributed by atoms with Crippen LogP contribution in [0.4, 0.5) is 0 Å². The van der Waals surface area contributed by atoms with E-state index in [9.17, 15) is 4.79 Å². The molecule has 1 heterocycles. The Kier molecular flexibility index (Phi) is 7.88. The SMILES string of the molecule is Cl.NC(CC(=O)NCCCc1nc2c(s1)CCCC2)c1ccccc1. The van der Waals surface area contributed by atoms with Crippen LogP contribution in [-0.2, 0) is 24.1 Å². The third kappa shape index (κ3) is 5.80. The van der Waals surface area contributed by atoms with Crippen LogP contribution in [0.25, 0.3) is 0 Å². The van der Waals surface area contributed by atoms with Gasteiger partial charge in [0.1, 0.15) is 0 Å². The minimum Gasteiger partial charge on any atom is -0.356 e. The van der Waals surface area contributed by atoms with E-state index < -0.39 is 0 Å². The van der Waals surface area contributed by atoms with E-state index >= 15 is 0 Å². The van der Waals surface area contributed by atoms with Crippen LogP contribution in [0.1, 0.15) is 52.9 Å². The number of benzene rings is 1. The van der Waals surface area contributed by atoms with Gasteiger partial charge in [0.15, 0.2) is 0 Å². The highest BCUT2D eigenvalue weighted by Gasteiger charge is 2.15. The van der Waals surface area contributed by atoms with Gasteiger partial charge in [-0.2, -0.15) is 0 Å². The maximum Gasteiger partial charge on any atom is 0.221 e. The molecular formula is C19H26ClN3OS. The van der Waals surface area contributed by atoms with Crippen LogP contribution >= 0.6 is 23.7 Å². The second-order valence-corrected chi connectivity index (χ2v) is 7.53. The van der Waals surface area contributed by atoms with Crippen molar-refractivity contribution in [3.63, 3.8) is 0 Å². The molecule has 1 aromatic carbocycles. The van der Waals surface area contributed by atoms with Crippen molar-refractivity contribution in [1.82, 2.24) is 10.3 Å². The number of amides is 1. The molecule has 0 radical (unpaired) electrons. The number of rotatable bonds is 7. The van der Waals surface area contributed by atoms with Crippen molar-refractivity contribution in [2.75, 3.05) is 6.54 Å². The van der Waals surface area contributed by atoms with E-state index in [2.05, 4.69) is 5.32 Å². The molecule has 1 aliphatic carbocycles. The van der Waals surface area contributed by atoms with Gasteiger partial charge >= 0.3 is 0 Å². The number of nitrogens with two attached hydrogens (primary N) is 1. The molecule has 6 heteroatoms. The summed E-state index contributed by atoms with van der Waals surface area (Å²) < 4.78 is 0. The predicted octanol–water partition coefficient (Wildman–Crippen LogP) is 3.58. The first-order chi connectivity index (χ1) is 11.7. The second-order valence-electron chi connectivity index (χ2n) is 6.36. The van der Waals surface area contributed by atoms with Gasteiger partial charge in [0.25, 0.3) is 0 Å². The summed E-state index contributed by atoms with van der Waals surface area (Å²) in [7, 11) is 0. The van der Waals surface area contributed by atoms with E-state index in [0.717, 1.165) is 24.8 Å². The van der Waals surface area contributed by atoms with Crippen molar-refractivity contribution in [2.24, 2.45) is 5.73 Å². The monoisotopic (exact) mass is 379 g/mol. The number of nitrogens with zero attached hydrogens (tertiary/aromatic N) is 1. The molecule has 4 nitrogen and oxygen atoms in total. The Bertz CT molecular complexity index is 651. The van der Waals surface area contributed by atoms with Crippen molar-refractivity contribution < 1.29 is 4.79 Å². The maximum atomic E-state index is 12.0. The summed E-state index contributed by atoms with van der Waals surface area (Å²) in [5.41, 5.74) is 8.40. The summed E-state index contributed by atoms with van der Waals surface area (Å²) in [6.07, 6.45) is 7.11. The molecule has 25 heavy (non-hydrogen) atoms. The molecule has 0 bridgehead atoms. The Hall–Kier alpha value is -1.43. The van der Waals surface area contributed by atoms with E-state index in [0.29, 0.717) is 13.0 Å². The first kappa shape index (κ1) is 19.9. The molecule has 1 atom stereocenters. The normalized spacial score (nSPS) is 14.3. The van der Waals surface area contributed by atoms with Crippen molar-refractivity contribution in [2.45, 2.75) is 51.0 Å². The average Bonchev–Trinajstić information content (AvgIpc) is 3.02. The first-order valence-corrected chi connectivity index (χ1v) is 9.58. The van der Waals surface area contributed by atoms with Crippen molar-refractivity contribution in [3.05, 3.63) is 51.5 Å². The van der Waals surface area contributed by atoms with Crippen LogP contribution in [0.2, 0.25) is 0 Å². The van der Waals surface area contributed by atoms with Crippen molar-refractivity contribution >= 4 is 29.7 Å². The smallest absolute Gasteiger partial charge is 0.221 e. The zero-order valence-corrected chi connectivity index (χ0v) is 16.0. The van der Waals surface area contributed by atoms with E-state index in [1.807, 2.05) is 41.7 Å².